The molecule has 82 valence electrons. The lowest BCUT2D eigenvalue weighted by atomic mass is 10.1. The van der Waals surface area contributed by atoms with E-state index in [1.807, 2.05) is 18.2 Å². The van der Waals surface area contributed by atoms with Crippen LogP contribution in [0.15, 0.2) is 30.3 Å². The highest BCUT2D eigenvalue weighted by molar-refractivity contribution is 5.60. The summed E-state index contributed by atoms with van der Waals surface area (Å²) >= 11 is 0. The van der Waals surface area contributed by atoms with Crippen LogP contribution < -0.4 is 0 Å². The van der Waals surface area contributed by atoms with E-state index in [9.17, 15) is 4.39 Å². The van der Waals surface area contributed by atoms with E-state index in [1.165, 1.54) is 5.56 Å². The zero-order valence-corrected chi connectivity index (χ0v) is 9.07. The summed E-state index contributed by atoms with van der Waals surface area (Å²) in [5, 5.41) is 7.14. The topological polar surface area (TPSA) is 28.7 Å². The zero-order chi connectivity index (χ0) is 11.1. The van der Waals surface area contributed by atoms with Crippen molar-refractivity contribution in [3.8, 4) is 11.3 Å². The van der Waals surface area contributed by atoms with Crippen LogP contribution in [0.25, 0.3) is 11.3 Å². The third-order valence-corrected chi connectivity index (χ3v) is 3.06. The number of hydrogen-bond acceptors (Lipinski definition) is 1. The Morgan fingerprint density at radius 3 is 2.62 bits per heavy atom. The second kappa shape index (κ2) is 3.44. The standard InChI is InChI=1S/C13H13FN2/c1-8-2-4-9(5-3-8)12-7-13(16-15-12)10-6-11(10)14/h2-5,7,10-11H,6H2,1H3,(H,15,16)/t10-,11-/m0/s1. The first kappa shape index (κ1) is 9.58. The van der Waals surface area contributed by atoms with E-state index in [-0.39, 0.29) is 5.92 Å². The third-order valence-electron chi connectivity index (χ3n) is 3.06. The van der Waals surface area contributed by atoms with E-state index in [2.05, 4.69) is 29.3 Å². The molecule has 1 heterocycles. The summed E-state index contributed by atoms with van der Waals surface area (Å²) in [6, 6.07) is 10.1. The lowest BCUT2D eigenvalue weighted by Gasteiger charge is -1.96. The fourth-order valence-corrected chi connectivity index (χ4v) is 1.88. The van der Waals surface area contributed by atoms with Crippen molar-refractivity contribution in [2.45, 2.75) is 25.4 Å². The minimum Gasteiger partial charge on any atom is -0.282 e. The molecule has 3 heteroatoms. The highest BCUT2D eigenvalue weighted by Gasteiger charge is 2.40. The number of halogens is 1. The Labute approximate surface area is 93.5 Å². The maximum Gasteiger partial charge on any atom is 0.109 e. The van der Waals surface area contributed by atoms with Crippen molar-refractivity contribution in [2.75, 3.05) is 0 Å². The maximum atomic E-state index is 12.9. The Hall–Kier alpha value is -1.64. The molecule has 0 aliphatic heterocycles. The van der Waals surface area contributed by atoms with Crippen molar-refractivity contribution in [3.05, 3.63) is 41.6 Å². The number of aromatic amines is 1. The van der Waals surface area contributed by atoms with E-state index in [1.54, 1.807) is 0 Å². The normalized spacial score (nSPS) is 23.4. The first-order chi connectivity index (χ1) is 7.74. The molecular weight excluding hydrogens is 203 g/mol. The number of alkyl halides is 1. The first-order valence-electron chi connectivity index (χ1n) is 5.50. The number of aryl methyl sites for hydroxylation is 1. The molecule has 0 radical (unpaired) electrons. The van der Waals surface area contributed by atoms with Crippen LogP contribution in [0.5, 0.6) is 0 Å². The van der Waals surface area contributed by atoms with Crippen molar-refractivity contribution < 1.29 is 4.39 Å². The molecule has 3 rings (SSSR count). The minimum absolute atomic E-state index is 0.0479. The molecule has 0 spiro atoms. The van der Waals surface area contributed by atoms with Crippen LogP contribution >= 0.6 is 0 Å². The summed E-state index contributed by atoms with van der Waals surface area (Å²) < 4.78 is 12.9. The van der Waals surface area contributed by atoms with Gasteiger partial charge in [-0.2, -0.15) is 5.10 Å². The third kappa shape index (κ3) is 1.62. The number of hydrogen-bond donors (Lipinski definition) is 1. The molecule has 1 saturated carbocycles. The molecule has 2 nitrogen and oxygen atoms in total. The van der Waals surface area contributed by atoms with Crippen molar-refractivity contribution in [3.63, 3.8) is 0 Å². The van der Waals surface area contributed by atoms with Crippen LogP contribution in [0.1, 0.15) is 23.6 Å². The number of aromatic nitrogens is 2. The van der Waals surface area contributed by atoms with E-state index in [0.717, 1.165) is 17.0 Å². The van der Waals surface area contributed by atoms with Crippen LogP contribution in [0.3, 0.4) is 0 Å². The van der Waals surface area contributed by atoms with Crippen molar-refractivity contribution >= 4 is 0 Å². The van der Waals surface area contributed by atoms with E-state index >= 15 is 0 Å². The van der Waals surface area contributed by atoms with Crippen LogP contribution in [-0.2, 0) is 0 Å². The molecule has 16 heavy (non-hydrogen) atoms. The van der Waals surface area contributed by atoms with Gasteiger partial charge >= 0.3 is 0 Å². The second-order valence-corrected chi connectivity index (χ2v) is 4.43. The molecule has 0 saturated heterocycles. The largest absolute Gasteiger partial charge is 0.282 e. The molecule has 1 fully saturated rings. The fourth-order valence-electron chi connectivity index (χ4n) is 1.88. The highest BCUT2D eigenvalue weighted by atomic mass is 19.1. The van der Waals surface area contributed by atoms with E-state index < -0.39 is 6.17 Å². The molecule has 2 atom stereocenters. The molecule has 1 N–H and O–H groups in total. The molecule has 1 aromatic heterocycles. The Morgan fingerprint density at radius 2 is 2.00 bits per heavy atom. The quantitative estimate of drug-likeness (QED) is 0.820. The SMILES string of the molecule is Cc1ccc(-c2cc([C@H]3C[C@@H]3F)[nH]n2)cc1. The second-order valence-electron chi connectivity index (χ2n) is 4.43. The van der Waals surface area contributed by atoms with Gasteiger partial charge in [0, 0.05) is 17.2 Å². The molecule has 0 bridgehead atoms. The van der Waals surface area contributed by atoms with Crippen LogP contribution in [0.2, 0.25) is 0 Å². The van der Waals surface area contributed by atoms with Gasteiger partial charge in [-0.1, -0.05) is 29.8 Å². The molecule has 1 aromatic carbocycles. The number of nitrogens with one attached hydrogen (secondary N) is 1. The van der Waals surface area contributed by atoms with Crippen LogP contribution in [0.4, 0.5) is 4.39 Å². The summed E-state index contributed by atoms with van der Waals surface area (Å²) in [4.78, 5) is 0. The number of benzene rings is 1. The Kier molecular flexibility index (Phi) is 2.06. The van der Waals surface area contributed by atoms with Gasteiger partial charge in [0.05, 0.1) is 5.69 Å². The van der Waals surface area contributed by atoms with E-state index in [4.69, 9.17) is 0 Å². The van der Waals surface area contributed by atoms with Gasteiger partial charge < -0.3 is 0 Å². The predicted molar refractivity (Wildman–Crippen MR) is 61.0 cm³/mol. The summed E-state index contributed by atoms with van der Waals surface area (Å²) in [7, 11) is 0. The monoisotopic (exact) mass is 216 g/mol. The first-order valence-corrected chi connectivity index (χ1v) is 5.50. The lowest BCUT2D eigenvalue weighted by Crippen LogP contribution is -1.81. The number of nitrogens with zero attached hydrogens (tertiary/aromatic N) is 1. The van der Waals surface area contributed by atoms with Gasteiger partial charge in [0.25, 0.3) is 0 Å². The molecule has 2 aromatic rings. The molecule has 1 aliphatic carbocycles. The van der Waals surface area contributed by atoms with Gasteiger partial charge in [-0.05, 0) is 19.4 Å². The minimum atomic E-state index is -0.675. The smallest absolute Gasteiger partial charge is 0.109 e. The van der Waals surface area contributed by atoms with Crippen LogP contribution in [-0.4, -0.2) is 16.4 Å². The Morgan fingerprint density at radius 1 is 1.31 bits per heavy atom. The lowest BCUT2D eigenvalue weighted by molar-refractivity contribution is 0.466. The summed E-state index contributed by atoms with van der Waals surface area (Å²) in [5.74, 6) is 0.0479. The van der Waals surface area contributed by atoms with Gasteiger partial charge in [-0.25, -0.2) is 4.39 Å². The van der Waals surface area contributed by atoms with Gasteiger partial charge in [-0.15, -0.1) is 0 Å². The molecule has 1 aliphatic rings. The molecule has 0 amide bonds. The zero-order valence-electron chi connectivity index (χ0n) is 9.07. The highest BCUT2D eigenvalue weighted by Crippen LogP contribution is 2.43. The van der Waals surface area contributed by atoms with E-state index in [0.29, 0.717) is 6.42 Å². The van der Waals surface area contributed by atoms with Crippen LogP contribution in [0, 0.1) is 6.92 Å². The molecule has 0 unspecified atom stereocenters. The van der Waals surface area contributed by atoms with Gasteiger partial charge in [-0.3, -0.25) is 5.10 Å². The number of H-pyrrole nitrogens is 1. The van der Waals surface area contributed by atoms with Gasteiger partial charge in [0.2, 0.25) is 0 Å². The van der Waals surface area contributed by atoms with Gasteiger partial charge in [0.15, 0.2) is 0 Å². The number of rotatable bonds is 2. The van der Waals surface area contributed by atoms with Gasteiger partial charge in [0.1, 0.15) is 6.17 Å². The van der Waals surface area contributed by atoms with Crippen molar-refractivity contribution in [2.24, 2.45) is 0 Å². The maximum absolute atomic E-state index is 12.9. The fraction of sp³-hybridized carbons (Fsp3) is 0.308. The summed E-state index contributed by atoms with van der Waals surface area (Å²) in [6.07, 6.45) is -0.0403. The summed E-state index contributed by atoms with van der Waals surface area (Å²) in [5.41, 5.74) is 4.12. The Bertz CT molecular complexity index is 501. The average molecular weight is 216 g/mol. The predicted octanol–water partition coefficient (Wildman–Crippen LogP) is 3.21. The Balaban J connectivity index is 1.89. The van der Waals surface area contributed by atoms with Crippen molar-refractivity contribution in [1.82, 2.24) is 10.2 Å². The molecular formula is C13H13FN2. The van der Waals surface area contributed by atoms with Crippen molar-refractivity contribution in [1.29, 1.82) is 0 Å². The summed E-state index contributed by atoms with van der Waals surface area (Å²) in [6.45, 7) is 2.05. The average Bonchev–Trinajstić information content (AvgIpc) is 2.82.